The fourth-order valence-electron chi connectivity index (χ4n) is 2.81. The molecule has 0 saturated carbocycles. The summed E-state index contributed by atoms with van der Waals surface area (Å²) in [4.78, 5) is 16.8. The minimum atomic E-state index is -0.357. The maximum Gasteiger partial charge on any atom is 0.310 e. The van der Waals surface area contributed by atoms with Crippen LogP contribution in [0, 0.1) is 6.92 Å². The summed E-state index contributed by atoms with van der Waals surface area (Å²) in [6, 6.07) is 11.6. The second kappa shape index (κ2) is 9.43. The molecule has 0 aliphatic heterocycles. The predicted molar refractivity (Wildman–Crippen MR) is 112 cm³/mol. The van der Waals surface area contributed by atoms with Crippen molar-refractivity contribution in [3.8, 4) is 27.8 Å². The lowest BCUT2D eigenvalue weighted by Gasteiger charge is -2.13. The molecule has 0 amide bonds. The number of benzene rings is 2. The van der Waals surface area contributed by atoms with Gasteiger partial charge in [0.05, 0.1) is 33.4 Å². The molecule has 0 N–H and O–H groups in total. The topological polar surface area (TPSA) is 66.9 Å². The van der Waals surface area contributed by atoms with Gasteiger partial charge in [0.1, 0.15) is 11.6 Å². The second-order valence-corrected chi connectivity index (χ2v) is 7.24. The van der Waals surface area contributed by atoms with Gasteiger partial charge in [-0.2, -0.15) is 0 Å². The Morgan fingerprint density at radius 1 is 1.00 bits per heavy atom. The van der Waals surface area contributed by atoms with Crippen LogP contribution in [0.2, 0.25) is 0 Å². The Balaban J connectivity index is 1.62. The molecule has 0 fully saturated rings. The summed E-state index contributed by atoms with van der Waals surface area (Å²) in [6.07, 6.45) is 0.0890. The molecule has 1 heterocycles. The molecule has 0 aliphatic rings. The first-order valence-corrected chi connectivity index (χ1v) is 9.88. The molecule has 0 aliphatic carbocycles. The molecule has 29 heavy (non-hydrogen) atoms. The molecule has 0 spiro atoms. The third kappa shape index (κ3) is 5.06. The van der Waals surface area contributed by atoms with Gasteiger partial charge in [-0.1, -0.05) is 29.8 Å². The fraction of sp³-hybridized carbons (Fsp3) is 0.273. The van der Waals surface area contributed by atoms with Crippen molar-refractivity contribution < 1.29 is 23.7 Å². The van der Waals surface area contributed by atoms with Crippen LogP contribution in [0.25, 0.3) is 10.6 Å². The van der Waals surface area contributed by atoms with Crippen LogP contribution in [-0.2, 0) is 22.6 Å². The molecule has 0 unspecified atom stereocenters. The van der Waals surface area contributed by atoms with Crippen molar-refractivity contribution in [3.63, 3.8) is 0 Å². The molecule has 7 heteroatoms. The van der Waals surface area contributed by atoms with Crippen molar-refractivity contribution in [1.29, 1.82) is 0 Å². The number of carbonyl (C=O) groups is 1. The van der Waals surface area contributed by atoms with E-state index in [2.05, 4.69) is 4.98 Å². The van der Waals surface area contributed by atoms with Crippen LogP contribution in [-0.4, -0.2) is 32.3 Å². The molecule has 152 valence electrons. The lowest BCUT2D eigenvalue weighted by molar-refractivity contribution is -0.144. The fourth-order valence-corrected chi connectivity index (χ4v) is 3.62. The SMILES string of the molecule is COc1cc(CC(=O)OCc2csc(-c3ccc(C)cc3)n2)cc(OC)c1OC. The van der Waals surface area contributed by atoms with E-state index in [4.69, 9.17) is 18.9 Å². The summed E-state index contributed by atoms with van der Waals surface area (Å²) in [7, 11) is 4.60. The van der Waals surface area contributed by atoms with Gasteiger partial charge in [0.15, 0.2) is 11.5 Å². The van der Waals surface area contributed by atoms with Crippen LogP contribution in [0.1, 0.15) is 16.8 Å². The summed E-state index contributed by atoms with van der Waals surface area (Å²) in [6.45, 7) is 2.18. The first-order chi connectivity index (χ1) is 14.0. The molecular formula is C22H23NO5S. The van der Waals surface area contributed by atoms with Gasteiger partial charge in [-0.05, 0) is 24.6 Å². The van der Waals surface area contributed by atoms with Crippen LogP contribution in [0.3, 0.4) is 0 Å². The number of ether oxygens (including phenoxy) is 4. The first kappa shape index (κ1) is 20.7. The summed E-state index contributed by atoms with van der Waals surface area (Å²) in [5.41, 5.74) is 3.69. The van der Waals surface area contributed by atoms with Crippen LogP contribution in [0.4, 0.5) is 0 Å². The molecule has 0 saturated heterocycles. The van der Waals surface area contributed by atoms with Crippen LogP contribution >= 0.6 is 11.3 Å². The van der Waals surface area contributed by atoms with E-state index in [0.29, 0.717) is 22.8 Å². The summed E-state index contributed by atoms with van der Waals surface area (Å²) < 4.78 is 21.3. The van der Waals surface area contributed by atoms with Gasteiger partial charge >= 0.3 is 5.97 Å². The molecule has 0 atom stereocenters. The molecule has 6 nitrogen and oxygen atoms in total. The maximum absolute atomic E-state index is 12.3. The number of aromatic nitrogens is 1. The third-order valence-corrected chi connectivity index (χ3v) is 5.24. The number of thiazole rings is 1. The monoisotopic (exact) mass is 413 g/mol. The van der Waals surface area contributed by atoms with E-state index in [0.717, 1.165) is 16.3 Å². The van der Waals surface area contributed by atoms with E-state index in [-0.39, 0.29) is 19.0 Å². The van der Waals surface area contributed by atoms with Crippen molar-refractivity contribution in [2.75, 3.05) is 21.3 Å². The Hall–Kier alpha value is -3.06. The highest BCUT2D eigenvalue weighted by atomic mass is 32.1. The highest BCUT2D eigenvalue weighted by Gasteiger charge is 2.16. The molecule has 3 rings (SSSR count). The summed E-state index contributed by atoms with van der Waals surface area (Å²) >= 11 is 1.53. The largest absolute Gasteiger partial charge is 0.493 e. The minimum Gasteiger partial charge on any atom is -0.493 e. The first-order valence-electron chi connectivity index (χ1n) is 9.00. The predicted octanol–water partition coefficient (Wildman–Crippen LogP) is 4.43. The third-order valence-electron chi connectivity index (χ3n) is 4.30. The minimum absolute atomic E-state index is 0.0890. The number of esters is 1. The van der Waals surface area contributed by atoms with Gasteiger partial charge in [0.2, 0.25) is 5.75 Å². The highest BCUT2D eigenvalue weighted by molar-refractivity contribution is 7.13. The van der Waals surface area contributed by atoms with Crippen molar-refractivity contribution in [2.24, 2.45) is 0 Å². The molecule has 0 radical (unpaired) electrons. The molecule has 3 aromatic rings. The van der Waals surface area contributed by atoms with Gasteiger partial charge in [-0.3, -0.25) is 4.79 Å². The number of hydrogen-bond donors (Lipinski definition) is 0. The van der Waals surface area contributed by atoms with Crippen LogP contribution < -0.4 is 14.2 Å². The van der Waals surface area contributed by atoms with Gasteiger partial charge in [-0.15, -0.1) is 11.3 Å². The van der Waals surface area contributed by atoms with E-state index >= 15 is 0 Å². The van der Waals surface area contributed by atoms with Crippen LogP contribution in [0.15, 0.2) is 41.8 Å². The average Bonchev–Trinajstić information content (AvgIpc) is 3.21. The van der Waals surface area contributed by atoms with E-state index in [9.17, 15) is 4.79 Å². The van der Waals surface area contributed by atoms with Gasteiger partial charge in [0.25, 0.3) is 0 Å². The van der Waals surface area contributed by atoms with Crippen molar-refractivity contribution in [3.05, 3.63) is 58.6 Å². The van der Waals surface area contributed by atoms with E-state index < -0.39 is 0 Å². The smallest absolute Gasteiger partial charge is 0.310 e. The Labute approximate surface area is 174 Å². The van der Waals surface area contributed by atoms with Crippen molar-refractivity contribution in [1.82, 2.24) is 4.98 Å². The van der Waals surface area contributed by atoms with Gasteiger partial charge in [-0.25, -0.2) is 4.98 Å². The highest BCUT2D eigenvalue weighted by Crippen LogP contribution is 2.38. The lowest BCUT2D eigenvalue weighted by atomic mass is 10.1. The average molecular weight is 413 g/mol. The molecule has 2 aromatic carbocycles. The number of carbonyl (C=O) groups excluding carboxylic acids is 1. The van der Waals surface area contributed by atoms with E-state index in [1.807, 2.05) is 36.6 Å². The number of rotatable bonds is 8. The van der Waals surface area contributed by atoms with Crippen molar-refractivity contribution >= 4 is 17.3 Å². The standard InChI is InChI=1S/C22H23NO5S/c1-14-5-7-16(8-6-14)22-23-17(13-29-22)12-28-20(24)11-15-9-18(25-2)21(27-4)19(10-15)26-3/h5-10,13H,11-12H2,1-4H3. The van der Waals surface area contributed by atoms with E-state index in [1.165, 1.54) is 38.2 Å². The molecular weight excluding hydrogens is 390 g/mol. The Bertz CT molecular complexity index is 956. The normalized spacial score (nSPS) is 10.5. The Morgan fingerprint density at radius 3 is 2.24 bits per heavy atom. The summed E-state index contributed by atoms with van der Waals surface area (Å²) in [5.74, 6) is 1.12. The maximum atomic E-state index is 12.3. The quantitative estimate of drug-likeness (QED) is 0.509. The van der Waals surface area contributed by atoms with Gasteiger partial charge in [0, 0.05) is 10.9 Å². The van der Waals surface area contributed by atoms with Crippen LogP contribution in [0.5, 0.6) is 17.2 Å². The zero-order valence-corrected chi connectivity index (χ0v) is 17.7. The number of aryl methyl sites for hydroxylation is 1. The van der Waals surface area contributed by atoms with E-state index in [1.54, 1.807) is 12.1 Å². The number of nitrogens with zero attached hydrogens (tertiary/aromatic N) is 1. The zero-order valence-electron chi connectivity index (χ0n) is 16.9. The number of hydrogen-bond acceptors (Lipinski definition) is 7. The zero-order chi connectivity index (χ0) is 20.8. The number of methoxy groups -OCH3 is 3. The molecule has 0 bridgehead atoms. The Kier molecular flexibility index (Phi) is 6.72. The summed E-state index contributed by atoms with van der Waals surface area (Å²) in [5, 5.41) is 2.81. The second-order valence-electron chi connectivity index (χ2n) is 6.38. The Morgan fingerprint density at radius 2 is 1.66 bits per heavy atom. The van der Waals surface area contributed by atoms with Crippen molar-refractivity contribution in [2.45, 2.75) is 20.0 Å². The van der Waals surface area contributed by atoms with Gasteiger partial charge < -0.3 is 18.9 Å². The lowest BCUT2D eigenvalue weighted by Crippen LogP contribution is -2.09. The molecule has 1 aromatic heterocycles.